The van der Waals surface area contributed by atoms with Crippen molar-refractivity contribution in [2.24, 2.45) is 10.7 Å². The molecule has 0 saturated carbocycles. The van der Waals surface area contributed by atoms with Crippen molar-refractivity contribution in [2.45, 2.75) is 13.8 Å². The number of aromatic nitrogens is 2. The molecule has 0 aliphatic rings. The van der Waals surface area contributed by atoms with Crippen molar-refractivity contribution in [3.05, 3.63) is 71.3 Å². The number of carbonyl (C=O) groups is 1. The van der Waals surface area contributed by atoms with Crippen LogP contribution in [0.4, 0.5) is 5.69 Å². The minimum atomic E-state index is -0.192. The molecule has 2 aromatic heterocycles. The topological polar surface area (TPSA) is 84.8 Å². The van der Waals surface area contributed by atoms with Crippen LogP contribution in [0.15, 0.2) is 53.8 Å². The number of fused-ring (bicyclic) bond motifs is 1. The molecular weight excluding hydrogens is 326 g/mol. The molecule has 6 heteroatoms. The van der Waals surface area contributed by atoms with Crippen LogP contribution in [0, 0.1) is 13.8 Å². The van der Waals surface area contributed by atoms with Crippen LogP contribution in [-0.4, -0.2) is 28.6 Å². The summed E-state index contributed by atoms with van der Waals surface area (Å²) in [4.78, 5) is 21.1. The molecule has 2 heterocycles. The first-order valence-corrected chi connectivity index (χ1v) is 8.24. The number of rotatable bonds is 4. The maximum absolute atomic E-state index is 12.7. The second-order valence-electron chi connectivity index (χ2n) is 6.00. The summed E-state index contributed by atoms with van der Waals surface area (Å²) in [5.41, 5.74) is 11.2. The van der Waals surface area contributed by atoms with Crippen molar-refractivity contribution >= 4 is 29.0 Å². The summed E-state index contributed by atoms with van der Waals surface area (Å²) in [7, 11) is 1.69. The minimum Gasteiger partial charge on any atom is -0.404 e. The molecule has 26 heavy (non-hydrogen) atoms. The maximum atomic E-state index is 12.7. The summed E-state index contributed by atoms with van der Waals surface area (Å²) < 4.78 is 1.91. The lowest BCUT2D eigenvalue weighted by Gasteiger charge is -2.07. The molecule has 132 valence electrons. The van der Waals surface area contributed by atoms with E-state index < -0.39 is 0 Å². The lowest BCUT2D eigenvalue weighted by molar-refractivity contribution is 0.102. The molecule has 3 rings (SSSR count). The standard InChI is InChI=1S/C20H21N5O/c1-13-10-14(2)25-9-8-18(19(25)23-13)20(26)24-17-6-4-15(5-7-17)16(11-21)12-22-3/h4-12H,21H2,1-3H3,(H,24,26). The van der Waals surface area contributed by atoms with Crippen molar-refractivity contribution in [1.82, 2.24) is 9.38 Å². The average molecular weight is 347 g/mol. The first-order chi connectivity index (χ1) is 12.5. The first-order valence-electron chi connectivity index (χ1n) is 8.24. The van der Waals surface area contributed by atoms with Gasteiger partial charge in [-0.2, -0.15) is 0 Å². The van der Waals surface area contributed by atoms with E-state index in [0.717, 1.165) is 22.5 Å². The Balaban J connectivity index is 1.85. The van der Waals surface area contributed by atoms with E-state index in [9.17, 15) is 4.79 Å². The van der Waals surface area contributed by atoms with Crippen LogP contribution in [0.1, 0.15) is 27.3 Å². The Hall–Kier alpha value is -3.41. The maximum Gasteiger partial charge on any atom is 0.259 e. The molecule has 3 aromatic rings. The number of nitrogens with zero attached hydrogens (tertiary/aromatic N) is 3. The molecule has 0 aliphatic heterocycles. The second kappa shape index (κ2) is 7.23. The van der Waals surface area contributed by atoms with Crippen molar-refractivity contribution in [3.8, 4) is 0 Å². The summed E-state index contributed by atoms with van der Waals surface area (Å²) in [6.07, 6.45) is 5.05. The molecule has 3 N–H and O–H groups in total. The molecule has 0 aliphatic carbocycles. The highest BCUT2D eigenvalue weighted by Gasteiger charge is 2.14. The third-order valence-electron chi connectivity index (χ3n) is 4.11. The van der Waals surface area contributed by atoms with Gasteiger partial charge in [0.2, 0.25) is 0 Å². The number of allylic oxidation sites excluding steroid dienone is 1. The van der Waals surface area contributed by atoms with Gasteiger partial charge in [-0.1, -0.05) is 12.1 Å². The van der Waals surface area contributed by atoms with Crippen LogP contribution in [0.25, 0.3) is 11.2 Å². The monoisotopic (exact) mass is 347 g/mol. The number of aryl methyl sites for hydroxylation is 2. The van der Waals surface area contributed by atoms with Crippen molar-refractivity contribution in [1.29, 1.82) is 0 Å². The van der Waals surface area contributed by atoms with Crippen LogP contribution in [0.5, 0.6) is 0 Å². The van der Waals surface area contributed by atoms with Crippen molar-refractivity contribution in [2.75, 3.05) is 12.4 Å². The molecule has 6 nitrogen and oxygen atoms in total. The van der Waals surface area contributed by atoms with E-state index in [4.69, 9.17) is 5.73 Å². The Morgan fingerprint density at radius 2 is 1.96 bits per heavy atom. The van der Waals surface area contributed by atoms with Gasteiger partial charge in [-0.3, -0.25) is 9.79 Å². The summed E-state index contributed by atoms with van der Waals surface area (Å²) in [6.45, 7) is 3.91. The summed E-state index contributed by atoms with van der Waals surface area (Å²) >= 11 is 0. The van der Waals surface area contributed by atoms with Crippen LogP contribution < -0.4 is 11.1 Å². The Morgan fingerprint density at radius 3 is 2.62 bits per heavy atom. The molecule has 0 radical (unpaired) electrons. The molecule has 1 amide bonds. The zero-order chi connectivity index (χ0) is 18.7. The number of benzene rings is 1. The van der Waals surface area contributed by atoms with Crippen LogP contribution >= 0.6 is 0 Å². The number of hydrogen-bond donors (Lipinski definition) is 2. The average Bonchev–Trinajstić information content (AvgIpc) is 3.04. The Bertz CT molecular complexity index is 1010. The molecule has 0 spiro atoms. The number of hydrogen-bond acceptors (Lipinski definition) is 4. The molecular formula is C20H21N5O. The van der Waals surface area contributed by atoms with E-state index in [-0.39, 0.29) is 5.91 Å². The Labute approximate surface area is 152 Å². The number of aliphatic imine (C=N–C) groups is 1. The van der Waals surface area contributed by atoms with Gasteiger partial charge in [0.1, 0.15) is 5.65 Å². The van der Waals surface area contributed by atoms with Crippen LogP contribution in [-0.2, 0) is 0 Å². The number of amides is 1. The Kier molecular flexibility index (Phi) is 4.84. The predicted octanol–water partition coefficient (Wildman–Crippen LogP) is 3.20. The van der Waals surface area contributed by atoms with Gasteiger partial charge in [-0.05, 0) is 43.7 Å². The number of nitrogens with two attached hydrogens (primary N) is 1. The van der Waals surface area contributed by atoms with Crippen molar-refractivity contribution < 1.29 is 4.79 Å². The van der Waals surface area contributed by atoms with Crippen LogP contribution in [0.2, 0.25) is 0 Å². The van der Waals surface area contributed by atoms with E-state index in [2.05, 4.69) is 15.3 Å². The summed E-state index contributed by atoms with van der Waals surface area (Å²) in [5.74, 6) is -0.192. The van der Waals surface area contributed by atoms with E-state index in [0.29, 0.717) is 16.9 Å². The van der Waals surface area contributed by atoms with E-state index >= 15 is 0 Å². The fourth-order valence-corrected chi connectivity index (χ4v) is 2.87. The lowest BCUT2D eigenvalue weighted by Crippen LogP contribution is -2.12. The fourth-order valence-electron chi connectivity index (χ4n) is 2.87. The molecule has 0 fully saturated rings. The predicted molar refractivity (Wildman–Crippen MR) is 106 cm³/mol. The third-order valence-corrected chi connectivity index (χ3v) is 4.11. The van der Waals surface area contributed by atoms with Gasteiger partial charge in [0.15, 0.2) is 0 Å². The molecule has 0 bridgehead atoms. The van der Waals surface area contributed by atoms with E-state index in [1.165, 1.54) is 6.20 Å². The summed E-state index contributed by atoms with van der Waals surface area (Å²) in [5, 5.41) is 2.91. The second-order valence-corrected chi connectivity index (χ2v) is 6.00. The minimum absolute atomic E-state index is 0.192. The quantitative estimate of drug-likeness (QED) is 0.711. The van der Waals surface area contributed by atoms with Gasteiger partial charge in [0.05, 0.1) is 5.56 Å². The number of anilines is 1. The van der Waals surface area contributed by atoms with Gasteiger partial charge in [-0.15, -0.1) is 0 Å². The zero-order valence-corrected chi connectivity index (χ0v) is 15.0. The zero-order valence-electron chi connectivity index (χ0n) is 15.0. The largest absolute Gasteiger partial charge is 0.404 e. The van der Waals surface area contributed by atoms with E-state index in [1.807, 2.05) is 54.8 Å². The van der Waals surface area contributed by atoms with Gasteiger partial charge in [0.25, 0.3) is 5.91 Å². The molecule has 0 atom stereocenters. The molecule has 0 saturated heterocycles. The van der Waals surface area contributed by atoms with E-state index in [1.54, 1.807) is 19.3 Å². The van der Waals surface area contributed by atoms with Crippen molar-refractivity contribution in [3.63, 3.8) is 0 Å². The summed E-state index contributed by atoms with van der Waals surface area (Å²) in [6, 6.07) is 11.2. The van der Waals surface area contributed by atoms with Gasteiger partial charge in [-0.25, -0.2) is 4.98 Å². The fraction of sp³-hybridized carbons (Fsp3) is 0.150. The van der Waals surface area contributed by atoms with Gasteiger partial charge >= 0.3 is 0 Å². The number of nitrogens with one attached hydrogen (secondary N) is 1. The normalized spacial score (nSPS) is 12.0. The lowest BCUT2D eigenvalue weighted by atomic mass is 10.1. The highest BCUT2D eigenvalue weighted by Crippen LogP contribution is 2.19. The highest BCUT2D eigenvalue weighted by atomic mass is 16.1. The first kappa shape index (κ1) is 17.4. The highest BCUT2D eigenvalue weighted by molar-refractivity contribution is 6.10. The number of carbonyl (C=O) groups excluding carboxylic acids is 1. The molecule has 1 aromatic carbocycles. The third kappa shape index (κ3) is 3.35. The van der Waals surface area contributed by atoms with Gasteiger partial charge < -0.3 is 15.5 Å². The molecule has 0 unspecified atom stereocenters. The van der Waals surface area contributed by atoms with Crippen LogP contribution in [0.3, 0.4) is 0 Å². The smallest absolute Gasteiger partial charge is 0.259 e. The Morgan fingerprint density at radius 1 is 1.23 bits per heavy atom. The SMILES string of the molecule is CN=CC(=CN)c1ccc(NC(=O)c2ccn3c(C)cc(C)nc23)cc1. The van der Waals surface area contributed by atoms with Gasteiger partial charge in [0, 0.05) is 48.3 Å².